The van der Waals surface area contributed by atoms with Gasteiger partial charge in [-0.05, 0) is 46.9 Å². The lowest BCUT2D eigenvalue weighted by Gasteiger charge is -2.29. The summed E-state index contributed by atoms with van der Waals surface area (Å²) in [5, 5.41) is 9.85. The summed E-state index contributed by atoms with van der Waals surface area (Å²) in [6.45, 7) is 5.36. The van der Waals surface area contributed by atoms with E-state index in [1.54, 1.807) is 4.90 Å². The van der Waals surface area contributed by atoms with Crippen LogP contribution in [-0.2, 0) is 9.53 Å². The van der Waals surface area contributed by atoms with Crippen LogP contribution in [0.4, 0.5) is 4.79 Å². The third-order valence-electron chi connectivity index (χ3n) is 7.67. The summed E-state index contributed by atoms with van der Waals surface area (Å²) in [5.74, 6) is -1.31. The first kappa shape index (κ1) is 20.1. The number of benzene rings is 2. The second-order valence-corrected chi connectivity index (χ2v) is 10.3. The molecule has 0 radical (unpaired) electrons. The van der Waals surface area contributed by atoms with Gasteiger partial charge in [-0.2, -0.15) is 0 Å². The fraction of sp³-hybridized carbons (Fsp3) is 0.462. The van der Waals surface area contributed by atoms with Crippen molar-refractivity contribution in [2.75, 3.05) is 19.7 Å². The highest BCUT2D eigenvalue weighted by atomic mass is 16.6. The molecule has 1 saturated carbocycles. The summed E-state index contributed by atoms with van der Waals surface area (Å²) >= 11 is 0. The lowest BCUT2D eigenvalue weighted by molar-refractivity contribution is -0.144. The number of rotatable bonds is 3. The van der Waals surface area contributed by atoms with E-state index < -0.39 is 18.0 Å². The predicted molar refractivity (Wildman–Crippen MR) is 118 cm³/mol. The highest BCUT2D eigenvalue weighted by molar-refractivity contribution is 5.79. The van der Waals surface area contributed by atoms with Gasteiger partial charge in [-0.25, -0.2) is 4.79 Å². The Morgan fingerprint density at radius 1 is 1.03 bits per heavy atom. The molecule has 31 heavy (non-hydrogen) atoms. The quantitative estimate of drug-likeness (QED) is 0.747. The zero-order chi connectivity index (χ0) is 21.8. The van der Waals surface area contributed by atoms with Crippen molar-refractivity contribution in [2.24, 2.45) is 16.7 Å². The van der Waals surface area contributed by atoms with E-state index in [2.05, 4.69) is 38.1 Å². The smallest absolute Gasteiger partial charge is 0.409 e. The standard InChI is InChI=1S/C26H29NO4/c1-25(2)11-12-26(15-25)16-27(13-22(26)23(28)29)24(30)31-14-21-19-9-5-3-7-17(19)18-8-4-6-10-20(18)21/h3-10,21-22H,11-16H2,1-2H3,(H,28,29). The molecule has 1 saturated heterocycles. The number of carboxylic acids is 1. The molecular formula is C26H29NO4. The zero-order valence-corrected chi connectivity index (χ0v) is 18.1. The molecule has 2 unspecified atom stereocenters. The van der Waals surface area contributed by atoms with Crippen molar-refractivity contribution in [1.29, 1.82) is 0 Å². The van der Waals surface area contributed by atoms with Crippen LogP contribution in [0.2, 0.25) is 0 Å². The molecular weight excluding hydrogens is 390 g/mol. The summed E-state index contributed by atoms with van der Waals surface area (Å²) in [6, 6.07) is 16.5. The van der Waals surface area contributed by atoms with Crippen molar-refractivity contribution in [3.8, 4) is 11.1 Å². The molecule has 5 heteroatoms. The van der Waals surface area contributed by atoms with Crippen molar-refractivity contribution in [2.45, 2.75) is 39.0 Å². The Labute approximate surface area is 183 Å². The molecule has 2 aromatic carbocycles. The predicted octanol–water partition coefficient (Wildman–Crippen LogP) is 5.15. The van der Waals surface area contributed by atoms with E-state index >= 15 is 0 Å². The lowest BCUT2D eigenvalue weighted by atomic mass is 9.74. The first-order chi connectivity index (χ1) is 14.8. The molecule has 1 N–H and O–H groups in total. The Morgan fingerprint density at radius 3 is 2.19 bits per heavy atom. The second kappa shape index (κ2) is 7.11. The summed E-state index contributed by atoms with van der Waals surface area (Å²) in [7, 11) is 0. The van der Waals surface area contributed by atoms with E-state index in [9.17, 15) is 14.7 Å². The highest BCUT2D eigenvalue weighted by Gasteiger charge is 2.56. The molecule has 2 atom stereocenters. The van der Waals surface area contributed by atoms with E-state index in [0.29, 0.717) is 6.54 Å². The molecule has 2 fully saturated rings. The van der Waals surface area contributed by atoms with E-state index in [-0.39, 0.29) is 29.9 Å². The number of aliphatic carboxylic acids is 1. The van der Waals surface area contributed by atoms with Crippen LogP contribution in [0.15, 0.2) is 48.5 Å². The van der Waals surface area contributed by atoms with Crippen LogP contribution in [0.25, 0.3) is 11.1 Å². The van der Waals surface area contributed by atoms with Gasteiger partial charge in [-0.15, -0.1) is 0 Å². The van der Waals surface area contributed by atoms with Gasteiger partial charge in [0.05, 0.1) is 5.92 Å². The van der Waals surface area contributed by atoms with Crippen molar-refractivity contribution in [3.05, 3.63) is 59.7 Å². The Morgan fingerprint density at radius 2 is 1.65 bits per heavy atom. The van der Waals surface area contributed by atoms with Gasteiger partial charge < -0.3 is 14.7 Å². The lowest BCUT2D eigenvalue weighted by Crippen LogP contribution is -2.34. The van der Waals surface area contributed by atoms with E-state index in [1.807, 2.05) is 24.3 Å². The first-order valence-electron chi connectivity index (χ1n) is 11.1. The maximum absolute atomic E-state index is 13.0. The van der Waals surface area contributed by atoms with Crippen LogP contribution >= 0.6 is 0 Å². The topological polar surface area (TPSA) is 66.8 Å². The molecule has 0 aromatic heterocycles. The van der Waals surface area contributed by atoms with Crippen molar-refractivity contribution in [3.63, 3.8) is 0 Å². The van der Waals surface area contributed by atoms with Crippen LogP contribution in [0, 0.1) is 16.7 Å². The number of carbonyl (C=O) groups excluding carboxylic acids is 1. The molecule has 1 amide bonds. The van der Waals surface area contributed by atoms with Gasteiger partial charge in [0.15, 0.2) is 0 Å². The minimum Gasteiger partial charge on any atom is -0.481 e. The fourth-order valence-electron chi connectivity index (χ4n) is 6.28. The first-order valence-corrected chi connectivity index (χ1v) is 11.1. The van der Waals surface area contributed by atoms with E-state index in [4.69, 9.17) is 4.74 Å². The van der Waals surface area contributed by atoms with Gasteiger partial charge in [0.25, 0.3) is 0 Å². The molecule has 1 heterocycles. The number of hydrogen-bond donors (Lipinski definition) is 1. The van der Waals surface area contributed by atoms with Gasteiger partial charge in [0.2, 0.25) is 0 Å². The van der Waals surface area contributed by atoms with Gasteiger partial charge in [0.1, 0.15) is 6.61 Å². The van der Waals surface area contributed by atoms with Gasteiger partial charge in [-0.3, -0.25) is 4.79 Å². The average molecular weight is 420 g/mol. The minimum absolute atomic E-state index is 0.00796. The molecule has 2 aromatic rings. The summed E-state index contributed by atoms with van der Waals surface area (Å²) in [5.41, 5.74) is 4.52. The van der Waals surface area contributed by atoms with E-state index in [1.165, 1.54) is 22.3 Å². The highest BCUT2D eigenvalue weighted by Crippen LogP contribution is 2.56. The molecule has 1 spiro atoms. The Bertz CT molecular complexity index is 1000. The van der Waals surface area contributed by atoms with Crippen LogP contribution in [0.1, 0.15) is 50.2 Å². The van der Waals surface area contributed by atoms with Gasteiger partial charge >= 0.3 is 12.1 Å². The normalized spacial score (nSPS) is 26.1. The monoisotopic (exact) mass is 419 g/mol. The third kappa shape index (κ3) is 3.31. The number of nitrogens with zero attached hydrogens (tertiary/aromatic N) is 1. The SMILES string of the molecule is CC1(C)CCC2(CN(C(=O)OCC3c4ccccc4-c4ccccc43)CC2C(=O)O)C1. The molecule has 2 aliphatic carbocycles. The Balaban J connectivity index is 1.32. The molecule has 5 nitrogen and oxygen atoms in total. The number of ether oxygens (including phenoxy) is 1. The Hall–Kier alpha value is -2.82. The summed E-state index contributed by atoms with van der Waals surface area (Å²) < 4.78 is 5.80. The molecule has 3 aliphatic rings. The summed E-state index contributed by atoms with van der Waals surface area (Å²) in [6.07, 6.45) is 2.29. The van der Waals surface area contributed by atoms with Crippen LogP contribution < -0.4 is 0 Å². The maximum atomic E-state index is 13.0. The van der Waals surface area contributed by atoms with Crippen molar-refractivity contribution in [1.82, 2.24) is 4.90 Å². The fourth-order valence-corrected chi connectivity index (χ4v) is 6.28. The van der Waals surface area contributed by atoms with Gasteiger partial charge in [-0.1, -0.05) is 62.4 Å². The number of fused-ring (bicyclic) bond motifs is 3. The number of amides is 1. The number of hydrogen-bond acceptors (Lipinski definition) is 3. The molecule has 1 aliphatic heterocycles. The van der Waals surface area contributed by atoms with Crippen LogP contribution in [-0.4, -0.2) is 41.8 Å². The molecule has 0 bridgehead atoms. The number of carboxylic acid groups (broad SMARTS) is 1. The summed E-state index contributed by atoms with van der Waals surface area (Å²) in [4.78, 5) is 26.6. The van der Waals surface area contributed by atoms with Crippen molar-refractivity contribution >= 4 is 12.1 Å². The molecule has 162 valence electrons. The average Bonchev–Trinajstić information content (AvgIpc) is 3.38. The van der Waals surface area contributed by atoms with Gasteiger partial charge in [0, 0.05) is 24.4 Å². The minimum atomic E-state index is -0.799. The molecule has 5 rings (SSSR count). The van der Waals surface area contributed by atoms with E-state index in [0.717, 1.165) is 19.3 Å². The second-order valence-electron chi connectivity index (χ2n) is 10.3. The third-order valence-corrected chi connectivity index (χ3v) is 7.67. The zero-order valence-electron chi connectivity index (χ0n) is 18.1. The van der Waals surface area contributed by atoms with Crippen LogP contribution in [0.5, 0.6) is 0 Å². The Kier molecular flexibility index (Phi) is 4.61. The van der Waals surface area contributed by atoms with Crippen LogP contribution in [0.3, 0.4) is 0 Å². The maximum Gasteiger partial charge on any atom is 0.409 e. The number of carbonyl (C=O) groups is 2. The number of likely N-dealkylation sites (tertiary alicyclic amines) is 1. The largest absolute Gasteiger partial charge is 0.481 e. The van der Waals surface area contributed by atoms with Crippen molar-refractivity contribution < 1.29 is 19.4 Å².